The zero-order valence-electron chi connectivity index (χ0n) is 21.1. The van der Waals surface area contributed by atoms with Crippen molar-refractivity contribution in [1.82, 2.24) is 9.80 Å². The molecule has 192 valence electrons. The molecule has 8 heteroatoms. The number of likely N-dealkylation sites (N-methyl/N-ethyl adjacent to an activating group) is 1. The highest BCUT2D eigenvalue weighted by Gasteiger charge is 2.46. The Morgan fingerprint density at radius 1 is 1.08 bits per heavy atom. The number of carbonyl (C=O) groups is 2. The molecule has 8 nitrogen and oxygen atoms in total. The molecule has 0 unspecified atom stereocenters. The number of aliphatic hydroxyl groups is 1. The highest BCUT2D eigenvalue weighted by Crippen LogP contribution is 2.41. The number of benzene rings is 2. The van der Waals surface area contributed by atoms with E-state index in [4.69, 9.17) is 9.47 Å². The van der Waals surface area contributed by atoms with Crippen LogP contribution in [0.5, 0.6) is 17.2 Å². The van der Waals surface area contributed by atoms with Crippen molar-refractivity contribution in [3.05, 3.63) is 71.8 Å². The van der Waals surface area contributed by atoms with Crippen LogP contribution in [-0.2, 0) is 9.59 Å². The Balaban J connectivity index is 2.09. The predicted octanol–water partition coefficient (Wildman–Crippen LogP) is 4.12. The zero-order chi connectivity index (χ0) is 26.2. The number of phenols is 1. The van der Waals surface area contributed by atoms with Crippen molar-refractivity contribution in [2.24, 2.45) is 0 Å². The Hall–Kier alpha value is -3.78. The van der Waals surface area contributed by atoms with Crippen LogP contribution < -0.4 is 9.47 Å². The van der Waals surface area contributed by atoms with E-state index in [1.807, 2.05) is 13.8 Å². The van der Waals surface area contributed by atoms with Crippen LogP contribution in [0.15, 0.2) is 60.7 Å². The topological polar surface area (TPSA) is 99.5 Å². The molecule has 0 radical (unpaired) electrons. The average Bonchev–Trinajstić information content (AvgIpc) is 3.14. The summed E-state index contributed by atoms with van der Waals surface area (Å²) < 4.78 is 11.0. The summed E-state index contributed by atoms with van der Waals surface area (Å²) >= 11 is 0. The summed E-state index contributed by atoms with van der Waals surface area (Å²) in [7, 11) is 0. The van der Waals surface area contributed by atoms with Gasteiger partial charge in [0.2, 0.25) is 0 Å². The zero-order valence-corrected chi connectivity index (χ0v) is 21.1. The lowest BCUT2D eigenvalue weighted by molar-refractivity contribution is -0.140. The molecule has 1 aliphatic heterocycles. The van der Waals surface area contributed by atoms with E-state index in [-0.39, 0.29) is 22.8 Å². The van der Waals surface area contributed by atoms with E-state index in [1.54, 1.807) is 49.4 Å². The summed E-state index contributed by atoms with van der Waals surface area (Å²) in [6.07, 6.45) is 1.63. The maximum atomic E-state index is 13.2. The number of rotatable bonds is 12. The van der Waals surface area contributed by atoms with Crippen LogP contribution in [0, 0.1) is 0 Å². The number of hydrogen-bond acceptors (Lipinski definition) is 7. The van der Waals surface area contributed by atoms with Gasteiger partial charge < -0.3 is 29.5 Å². The first-order valence-electron chi connectivity index (χ1n) is 12.2. The largest absolute Gasteiger partial charge is 0.507 e. The SMILES string of the molecule is C=CCOc1ccc(C(O)=C2C(=O)C(=O)N(CCN(CC)CC)[C@H]2c2ccc(O)c(OCC)c2)cc1. The fraction of sp³-hybridized carbons (Fsp3) is 0.357. The van der Waals surface area contributed by atoms with Gasteiger partial charge in [-0.2, -0.15) is 0 Å². The third-order valence-electron chi connectivity index (χ3n) is 6.19. The minimum atomic E-state index is -0.836. The van der Waals surface area contributed by atoms with E-state index < -0.39 is 17.7 Å². The summed E-state index contributed by atoms with van der Waals surface area (Å²) in [6, 6.07) is 10.5. The first kappa shape index (κ1) is 26.8. The molecule has 36 heavy (non-hydrogen) atoms. The van der Waals surface area contributed by atoms with Crippen LogP contribution in [0.2, 0.25) is 0 Å². The first-order valence-corrected chi connectivity index (χ1v) is 12.2. The second kappa shape index (κ2) is 12.3. The van der Waals surface area contributed by atoms with Crippen molar-refractivity contribution in [3.8, 4) is 17.2 Å². The minimum absolute atomic E-state index is 0.00700. The van der Waals surface area contributed by atoms with Gasteiger partial charge in [0, 0.05) is 18.7 Å². The van der Waals surface area contributed by atoms with Crippen LogP contribution in [0.25, 0.3) is 5.76 Å². The summed E-state index contributed by atoms with van der Waals surface area (Å²) in [5.41, 5.74) is 0.937. The summed E-state index contributed by atoms with van der Waals surface area (Å²) in [5, 5.41) is 21.5. The van der Waals surface area contributed by atoms with Gasteiger partial charge in [0.05, 0.1) is 18.2 Å². The van der Waals surface area contributed by atoms with Gasteiger partial charge in [-0.05, 0) is 62.0 Å². The lowest BCUT2D eigenvalue weighted by Crippen LogP contribution is -2.38. The number of hydrogen-bond donors (Lipinski definition) is 2. The number of Topliss-reactive ketones (excluding diaryl/α,β-unsaturated/α-hetero) is 1. The third-order valence-corrected chi connectivity index (χ3v) is 6.19. The lowest BCUT2D eigenvalue weighted by atomic mass is 9.95. The summed E-state index contributed by atoms with van der Waals surface area (Å²) in [5.74, 6) is -0.919. The summed E-state index contributed by atoms with van der Waals surface area (Å²) in [6.45, 7) is 12.6. The summed E-state index contributed by atoms with van der Waals surface area (Å²) in [4.78, 5) is 30.1. The fourth-order valence-corrected chi connectivity index (χ4v) is 4.24. The van der Waals surface area contributed by atoms with Crippen LogP contribution in [0.1, 0.15) is 37.9 Å². The van der Waals surface area contributed by atoms with E-state index in [2.05, 4.69) is 11.5 Å². The quantitative estimate of drug-likeness (QED) is 0.198. The molecule has 1 aliphatic rings. The number of aliphatic hydroxyl groups excluding tert-OH is 1. The molecule has 2 N–H and O–H groups in total. The smallest absolute Gasteiger partial charge is 0.295 e. The normalized spacial score (nSPS) is 17.0. The third kappa shape index (κ3) is 5.71. The van der Waals surface area contributed by atoms with E-state index >= 15 is 0 Å². The molecular weight excluding hydrogens is 460 g/mol. The van der Waals surface area contributed by atoms with Gasteiger partial charge in [-0.3, -0.25) is 9.59 Å². The van der Waals surface area contributed by atoms with Crippen LogP contribution in [0.3, 0.4) is 0 Å². The van der Waals surface area contributed by atoms with E-state index in [1.165, 1.54) is 11.0 Å². The molecule has 0 saturated carbocycles. The average molecular weight is 495 g/mol. The van der Waals surface area contributed by atoms with Crippen molar-refractivity contribution in [1.29, 1.82) is 0 Å². The lowest BCUT2D eigenvalue weighted by Gasteiger charge is -2.28. The molecule has 1 amide bonds. The highest BCUT2D eigenvalue weighted by atomic mass is 16.5. The molecule has 0 spiro atoms. The van der Waals surface area contributed by atoms with Crippen molar-refractivity contribution in [3.63, 3.8) is 0 Å². The first-order chi connectivity index (χ1) is 17.4. The molecular formula is C28H34N2O6. The standard InChI is InChI=1S/C28H34N2O6/c1-5-17-36-21-12-9-19(10-13-21)26(32)24-25(20-11-14-22(31)23(18-20)35-8-4)30(28(34)27(24)33)16-15-29(6-2)7-3/h5,9-14,18,25,31-32H,1,6-8,15-17H2,2-4H3/t25-/m0/s1. The van der Waals surface area contributed by atoms with Crippen LogP contribution in [-0.4, -0.2) is 71.1 Å². The molecule has 2 aromatic rings. The molecule has 1 heterocycles. The molecule has 0 aromatic heterocycles. The van der Waals surface area contributed by atoms with Gasteiger partial charge in [-0.25, -0.2) is 0 Å². The van der Waals surface area contributed by atoms with E-state index in [9.17, 15) is 19.8 Å². The van der Waals surface area contributed by atoms with Gasteiger partial charge in [-0.15, -0.1) is 0 Å². The monoisotopic (exact) mass is 494 g/mol. The van der Waals surface area contributed by atoms with Gasteiger partial charge in [0.15, 0.2) is 11.5 Å². The van der Waals surface area contributed by atoms with Crippen molar-refractivity contribution >= 4 is 17.4 Å². The predicted molar refractivity (Wildman–Crippen MR) is 138 cm³/mol. The number of aromatic hydroxyl groups is 1. The second-order valence-electron chi connectivity index (χ2n) is 8.30. The van der Waals surface area contributed by atoms with Gasteiger partial charge in [0.1, 0.15) is 18.1 Å². The Morgan fingerprint density at radius 3 is 2.39 bits per heavy atom. The van der Waals surface area contributed by atoms with E-state index in [0.717, 1.165) is 13.1 Å². The molecule has 2 aromatic carbocycles. The van der Waals surface area contributed by atoms with Crippen molar-refractivity contribution in [2.45, 2.75) is 26.8 Å². The maximum absolute atomic E-state index is 13.2. The molecule has 0 aliphatic carbocycles. The Kier molecular flexibility index (Phi) is 9.13. The molecule has 3 rings (SSSR count). The fourth-order valence-electron chi connectivity index (χ4n) is 4.24. The van der Waals surface area contributed by atoms with Crippen LogP contribution >= 0.6 is 0 Å². The second-order valence-corrected chi connectivity index (χ2v) is 8.30. The molecule has 0 bridgehead atoms. The van der Waals surface area contributed by atoms with Gasteiger partial charge >= 0.3 is 0 Å². The Bertz CT molecular complexity index is 1120. The molecule has 1 atom stereocenters. The van der Waals surface area contributed by atoms with Gasteiger partial charge in [0.25, 0.3) is 11.7 Å². The van der Waals surface area contributed by atoms with Gasteiger partial charge in [-0.1, -0.05) is 32.6 Å². The number of ketones is 1. The maximum Gasteiger partial charge on any atom is 0.295 e. The van der Waals surface area contributed by atoms with Crippen molar-refractivity contribution < 1.29 is 29.3 Å². The minimum Gasteiger partial charge on any atom is -0.507 e. The Morgan fingerprint density at radius 2 is 1.78 bits per heavy atom. The number of phenolic OH excluding ortho intramolecular Hbond substituents is 1. The Labute approximate surface area is 212 Å². The van der Waals surface area contributed by atoms with Crippen molar-refractivity contribution in [2.75, 3.05) is 39.4 Å². The highest BCUT2D eigenvalue weighted by molar-refractivity contribution is 6.46. The number of amides is 1. The number of carbonyl (C=O) groups excluding carboxylic acids is 2. The number of ether oxygens (including phenoxy) is 2. The van der Waals surface area contributed by atoms with E-state index in [0.29, 0.717) is 43.2 Å². The number of likely N-dealkylation sites (tertiary alicyclic amines) is 1. The molecule has 1 fully saturated rings. The molecule has 1 saturated heterocycles. The van der Waals surface area contributed by atoms with Crippen LogP contribution in [0.4, 0.5) is 0 Å². The number of nitrogens with zero attached hydrogens (tertiary/aromatic N) is 2.